The minimum atomic E-state index is -4.41. The Labute approximate surface area is 172 Å². The molecular formula is C21H22F3N5O. The van der Waals surface area contributed by atoms with E-state index in [9.17, 15) is 18.0 Å². The number of nitrogens with zero attached hydrogens (tertiary/aromatic N) is 4. The number of amides is 1. The summed E-state index contributed by atoms with van der Waals surface area (Å²) in [6.45, 7) is 4.28. The van der Waals surface area contributed by atoms with Crippen LogP contribution in [-0.4, -0.2) is 48.0 Å². The lowest BCUT2D eigenvalue weighted by Gasteiger charge is -2.27. The van der Waals surface area contributed by atoms with Gasteiger partial charge in [0.2, 0.25) is 5.91 Å². The van der Waals surface area contributed by atoms with Gasteiger partial charge in [-0.3, -0.25) is 9.69 Å². The van der Waals surface area contributed by atoms with Crippen LogP contribution in [0.1, 0.15) is 24.5 Å². The molecule has 1 unspecified atom stereocenters. The lowest BCUT2D eigenvalue weighted by atomic mass is 10.2. The summed E-state index contributed by atoms with van der Waals surface area (Å²) < 4.78 is 38.2. The standard InChI is InChI=1S/C21H22F3N5O/c1-15(20(30)27-18-5-2-4-16(12-18)13-25)28-8-3-9-29(11-10-28)19-7-6-17(14-26-19)21(22,23)24/h2,4-7,12,14-15H,3,8-11H2,1H3,(H,27,30). The molecule has 9 heteroatoms. The quantitative estimate of drug-likeness (QED) is 0.824. The molecule has 0 bridgehead atoms. The summed E-state index contributed by atoms with van der Waals surface area (Å²) in [7, 11) is 0. The zero-order valence-electron chi connectivity index (χ0n) is 16.5. The molecule has 1 aromatic heterocycles. The topological polar surface area (TPSA) is 72.3 Å². The Morgan fingerprint density at radius 1 is 1.20 bits per heavy atom. The van der Waals surface area contributed by atoms with Gasteiger partial charge < -0.3 is 10.2 Å². The molecule has 3 rings (SSSR count). The molecule has 0 spiro atoms. The molecule has 6 nitrogen and oxygen atoms in total. The van der Waals surface area contributed by atoms with E-state index in [4.69, 9.17) is 5.26 Å². The molecule has 30 heavy (non-hydrogen) atoms. The van der Waals surface area contributed by atoms with E-state index in [2.05, 4.69) is 10.3 Å². The average Bonchev–Trinajstić information content (AvgIpc) is 2.99. The Hall–Kier alpha value is -3.12. The maximum absolute atomic E-state index is 12.7. The highest BCUT2D eigenvalue weighted by Gasteiger charge is 2.31. The molecule has 1 fully saturated rings. The van der Waals surface area contributed by atoms with Crippen molar-refractivity contribution in [1.29, 1.82) is 5.26 Å². The number of nitriles is 1. The predicted octanol–water partition coefficient (Wildman–Crippen LogP) is 3.51. The maximum Gasteiger partial charge on any atom is 0.417 e. The van der Waals surface area contributed by atoms with E-state index in [1.807, 2.05) is 22.8 Å². The van der Waals surface area contributed by atoms with E-state index in [1.165, 1.54) is 6.07 Å². The number of hydrogen-bond acceptors (Lipinski definition) is 5. The van der Waals surface area contributed by atoms with Crippen LogP contribution in [0.4, 0.5) is 24.7 Å². The van der Waals surface area contributed by atoms with Gasteiger partial charge in [-0.2, -0.15) is 18.4 Å². The van der Waals surface area contributed by atoms with Gasteiger partial charge in [-0.25, -0.2) is 4.98 Å². The van der Waals surface area contributed by atoms with Crippen molar-refractivity contribution in [1.82, 2.24) is 9.88 Å². The highest BCUT2D eigenvalue weighted by Crippen LogP contribution is 2.29. The van der Waals surface area contributed by atoms with Crippen molar-refractivity contribution in [2.45, 2.75) is 25.6 Å². The first-order valence-corrected chi connectivity index (χ1v) is 9.61. The molecule has 0 aliphatic carbocycles. The first-order valence-electron chi connectivity index (χ1n) is 9.61. The molecular weight excluding hydrogens is 395 g/mol. The first kappa shape index (κ1) is 21.6. The number of benzene rings is 1. The van der Waals surface area contributed by atoms with E-state index in [0.29, 0.717) is 43.2 Å². The van der Waals surface area contributed by atoms with E-state index >= 15 is 0 Å². The number of nitrogens with one attached hydrogen (secondary N) is 1. The van der Waals surface area contributed by atoms with Crippen molar-refractivity contribution in [3.63, 3.8) is 0 Å². The van der Waals surface area contributed by atoms with Crippen LogP contribution in [0.5, 0.6) is 0 Å². The smallest absolute Gasteiger partial charge is 0.355 e. The molecule has 158 valence electrons. The van der Waals surface area contributed by atoms with Gasteiger partial charge in [-0.1, -0.05) is 6.07 Å². The second-order valence-corrected chi connectivity index (χ2v) is 7.14. The van der Waals surface area contributed by atoms with Crippen molar-refractivity contribution in [2.75, 3.05) is 36.4 Å². The Morgan fingerprint density at radius 2 is 2.00 bits per heavy atom. The lowest BCUT2D eigenvalue weighted by Crippen LogP contribution is -2.44. The number of pyridine rings is 1. The van der Waals surface area contributed by atoms with Crippen molar-refractivity contribution < 1.29 is 18.0 Å². The third-order valence-electron chi connectivity index (χ3n) is 5.12. The number of anilines is 2. The highest BCUT2D eigenvalue weighted by atomic mass is 19.4. The number of rotatable bonds is 4. The van der Waals surface area contributed by atoms with Gasteiger partial charge in [0.25, 0.3) is 0 Å². The molecule has 1 saturated heterocycles. The van der Waals surface area contributed by atoms with Crippen molar-refractivity contribution in [2.24, 2.45) is 0 Å². The number of alkyl halides is 3. The Bertz CT molecular complexity index is 923. The number of carbonyl (C=O) groups excluding carboxylic acids is 1. The van der Waals surface area contributed by atoms with E-state index < -0.39 is 17.8 Å². The zero-order valence-corrected chi connectivity index (χ0v) is 16.5. The van der Waals surface area contributed by atoms with Gasteiger partial charge in [-0.05, 0) is 43.7 Å². The fraction of sp³-hybridized carbons (Fsp3) is 0.381. The average molecular weight is 417 g/mol. The van der Waals surface area contributed by atoms with Gasteiger partial charge in [0.05, 0.1) is 23.2 Å². The molecule has 1 atom stereocenters. The number of hydrogen-bond donors (Lipinski definition) is 1. The molecule has 0 radical (unpaired) electrons. The molecule has 2 heterocycles. The summed E-state index contributed by atoms with van der Waals surface area (Å²) >= 11 is 0. The monoisotopic (exact) mass is 417 g/mol. The minimum absolute atomic E-state index is 0.175. The summed E-state index contributed by atoms with van der Waals surface area (Å²) in [5, 5.41) is 11.8. The molecule has 1 aromatic carbocycles. The zero-order chi connectivity index (χ0) is 21.7. The molecule has 2 aromatic rings. The van der Waals surface area contributed by atoms with E-state index in [1.54, 1.807) is 24.3 Å². The summed E-state index contributed by atoms with van der Waals surface area (Å²) in [6, 6.07) is 10.8. The van der Waals surface area contributed by atoms with Crippen molar-refractivity contribution in [3.8, 4) is 6.07 Å². The molecule has 1 aliphatic rings. The summed E-state index contributed by atoms with van der Waals surface area (Å²) in [4.78, 5) is 20.6. The number of aromatic nitrogens is 1. The van der Waals surface area contributed by atoms with Crippen molar-refractivity contribution >= 4 is 17.4 Å². The van der Waals surface area contributed by atoms with Gasteiger partial charge in [0.1, 0.15) is 5.82 Å². The normalized spacial score (nSPS) is 16.4. The summed E-state index contributed by atoms with van der Waals surface area (Å²) in [6.07, 6.45) is -2.80. The minimum Gasteiger partial charge on any atom is -0.355 e. The first-order chi connectivity index (χ1) is 14.3. The van der Waals surface area contributed by atoms with Crippen LogP contribution in [0.15, 0.2) is 42.6 Å². The third kappa shape index (κ3) is 5.27. The molecule has 0 saturated carbocycles. The number of carbonyl (C=O) groups is 1. The van der Waals surface area contributed by atoms with Crippen molar-refractivity contribution in [3.05, 3.63) is 53.7 Å². The molecule has 1 N–H and O–H groups in total. The molecule has 1 amide bonds. The van der Waals surface area contributed by atoms with Gasteiger partial charge >= 0.3 is 6.18 Å². The van der Waals surface area contributed by atoms with E-state index in [0.717, 1.165) is 18.7 Å². The summed E-state index contributed by atoms with van der Waals surface area (Å²) in [5.41, 5.74) is 0.264. The highest BCUT2D eigenvalue weighted by molar-refractivity contribution is 5.94. The van der Waals surface area contributed by atoms with Crippen LogP contribution in [0.25, 0.3) is 0 Å². The van der Waals surface area contributed by atoms with Crippen LogP contribution in [0, 0.1) is 11.3 Å². The van der Waals surface area contributed by atoms with Crippen LogP contribution in [0.3, 0.4) is 0 Å². The van der Waals surface area contributed by atoms with Crippen LogP contribution in [0.2, 0.25) is 0 Å². The largest absolute Gasteiger partial charge is 0.417 e. The number of halogens is 3. The maximum atomic E-state index is 12.7. The fourth-order valence-corrected chi connectivity index (χ4v) is 3.37. The Morgan fingerprint density at radius 3 is 2.67 bits per heavy atom. The lowest BCUT2D eigenvalue weighted by molar-refractivity contribution is -0.137. The fourth-order valence-electron chi connectivity index (χ4n) is 3.37. The second-order valence-electron chi connectivity index (χ2n) is 7.14. The Kier molecular flexibility index (Phi) is 6.57. The Balaban J connectivity index is 1.60. The molecule has 1 aliphatic heterocycles. The predicted molar refractivity (Wildman–Crippen MR) is 107 cm³/mol. The second kappa shape index (κ2) is 9.13. The van der Waals surface area contributed by atoms with Gasteiger partial charge in [0.15, 0.2) is 0 Å². The van der Waals surface area contributed by atoms with Crippen LogP contribution >= 0.6 is 0 Å². The summed E-state index contributed by atoms with van der Waals surface area (Å²) in [5.74, 6) is 0.321. The third-order valence-corrected chi connectivity index (χ3v) is 5.12. The van der Waals surface area contributed by atoms with Gasteiger partial charge in [-0.15, -0.1) is 0 Å². The van der Waals surface area contributed by atoms with Crippen LogP contribution < -0.4 is 10.2 Å². The SMILES string of the molecule is CC(C(=O)Nc1cccc(C#N)c1)N1CCCN(c2ccc(C(F)(F)F)cn2)CC1. The van der Waals surface area contributed by atoms with E-state index in [-0.39, 0.29) is 5.91 Å². The van der Waals surface area contributed by atoms with Gasteiger partial charge in [0, 0.05) is 38.1 Å². The van der Waals surface area contributed by atoms with Crippen LogP contribution in [-0.2, 0) is 11.0 Å².